The Balaban J connectivity index is 1.94. The average molecular weight is 294 g/mol. The normalized spacial score (nSPS) is 11.5. The molecule has 22 heavy (non-hydrogen) atoms. The third-order valence-electron chi connectivity index (χ3n) is 3.88. The van der Waals surface area contributed by atoms with Crippen molar-refractivity contribution in [2.75, 3.05) is 0 Å². The number of furan rings is 1. The zero-order valence-electron chi connectivity index (χ0n) is 12.3. The Morgan fingerprint density at radius 2 is 2.05 bits per heavy atom. The summed E-state index contributed by atoms with van der Waals surface area (Å²) < 4.78 is 9.03. The molecule has 0 aliphatic carbocycles. The average Bonchev–Trinajstić information content (AvgIpc) is 3.01. The third kappa shape index (κ3) is 1.77. The van der Waals surface area contributed by atoms with Crippen LogP contribution in [-0.4, -0.2) is 19.3 Å². The summed E-state index contributed by atoms with van der Waals surface area (Å²) >= 11 is 0. The molecule has 0 saturated heterocycles. The van der Waals surface area contributed by atoms with Gasteiger partial charge in [-0.05, 0) is 24.6 Å². The molecule has 4 aromatic rings. The van der Waals surface area contributed by atoms with Crippen LogP contribution in [0.2, 0.25) is 0 Å². The van der Waals surface area contributed by atoms with Crippen LogP contribution in [0.25, 0.3) is 22.0 Å². The van der Waals surface area contributed by atoms with Gasteiger partial charge in [-0.25, -0.2) is 4.68 Å². The van der Waals surface area contributed by atoms with Gasteiger partial charge in [-0.1, -0.05) is 0 Å². The van der Waals surface area contributed by atoms with Gasteiger partial charge >= 0.3 is 0 Å². The molecule has 6 nitrogen and oxygen atoms in total. The molecule has 0 radical (unpaired) electrons. The number of pyridine rings is 1. The molecule has 4 heterocycles. The molecule has 0 aliphatic heterocycles. The van der Waals surface area contributed by atoms with Crippen LogP contribution >= 0.6 is 0 Å². The molecule has 4 aromatic heterocycles. The molecule has 4 rings (SSSR count). The third-order valence-corrected chi connectivity index (χ3v) is 3.88. The minimum Gasteiger partial charge on any atom is -0.459 e. The van der Waals surface area contributed by atoms with Crippen LogP contribution in [0, 0.1) is 6.92 Å². The minimum absolute atomic E-state index is 0.124. The summed E-state index contributed by atoms with van der Waals surface area (Å²) in [5.41, 5.74) is 3.10. The van der Waals surface area contributed by atoms with Crippen molar-refractivity contribution in [2.45, 2.75) is 13.5 Å². The monoisotopic (exact) mass is 294 g/mol. The van der Waals surface area contributed by atoms with Crippen molar-refractivity contribution in [3.05, 3.63) is 58.5 Å². The highest BCUT2D eigenvalue weighted by molar-refractivity contribution is 6.04. The summed E-state index contributed by atoms with van der Waals surface area (Å²) in [6, 6.07) is 5.68. The summed E-state index contributed by atoms with van der Waals surface area (Å²) in [5, 5.41) is 5.04. The standard InChI is InChI=1S/C16H14N4O2/c1-10-7-13-15(22-10)12-8-18-20(16(21)14(12)19(13)2)9-11-3-5-17-6-4-11/h3-8H,9H2,1-2H3. The van der Waals surface area contributed by atoms with E-state index in [1.54, 1.807) is 18.6 Å². The molecule has 0 aliphatic rings. The maximum absolute atomic E-state index is 12.7. The Morgan fingerprint density at radius 3 is 2.82 bits per heavy atom. The number of nitrogens with zero attached hydrogens (tertiary/aromatic N) is 4. The van der Waals surface area contributed by atoms with E-state index < -0.39 is 0 Å². The highest BCUT2D eigenvalue weighted by atomic mass is 16.3. The summed E-state index contributed by atoms with van der Waals surface area (Å²) in [7, 11) is 1.87. The molecule has 0 aromatic carbocycles. The van der Waals surface area contributed by atoms with Crippen molar-refractivity contribution >= 4 is 22.0 Å². The highest BCUT2D eigenvalue weighted by Gasteiger charge is 2.17. The van der Waals surface area contributed by atoms with Crippen LogP contribution in [-0.2, 0) is 13.6 Å². The zero-order valence-corrected chi connectivity index (χ0v) is 12.3. The van der Waals surface area contributed by atoms with E-state index in [1.165, 1.54) is 4.68 Å². The predicted octanol–water partition coefficient (Wildman–Crippen LogP) is 2.23. The van der Waals surface area contributed by atoms with Crippen molar-refractivity contribution in [2.24, 2.45) is 7.05 Å². The Hall–Kier alpha value is -2.89. The van der Waals surface area contributed by atoms with E-state index in [4.69, 9.17) is 4.42 Å². The van der Waals surface area contributed by atoms with Crippen LogP contribution in [0.5, 0.6) is 0 Å². The van der Waals surface area contributed by atoms with Gasteiger partial charge in [0, 0.05) is 25.5 Å². The van der Waals surface area contributed by atoms with Gasteiger partial charge in [-0.3, -0.25) is 9.78 Å². The van der Waals surface area contributed by atoms with Crippen molar-refractivity contribution in [1.82, 2.24) is 19.3 Å². The SMILES string of the molecule is Cc1cc2c(o1)c1cnn(Cc3ccncc3)c(=O)c1n2C. The number of aryl methyl sites for hydroxylation is 2. The molecule has 0 saturated carbocycles. The van der Waals surface area contributed by atoms with E-state index in [2.05, 4.69) is 10.1 Å². The van der Waals surface area contributed by atoms with Gasteiger partial charge in [-0.15, -0.1) is 0 Å². The zero-order chi connectivity index (χ0) is 15.3. The van der Waals surface area contributed by atoms with Crippen LogP contribution in [0.15, 0.2) is 46.0 Å². The maximum Gasteiger partial charge on any atom is 0.291 e. The molecule has 0 amide bonds. The van der Waals surface area contributed by atoms with Crippen LogP contribution < -0.4 is 5.56 Å². The highest BCUT2D eigenvalue weighted by Crippen LogP contribution is 2.28. The molecule has 0 unspecified atom stereocenters. The molecule has 0 atom stereocenters. The number of aromatic nitrogens is 4. The first-order chi connectivity index (χ1) is 10.6. The van der Waals surface area contributed by atoms with E-state index in [9.17, 15) is 4.79 Å². The lowest BCUT2D eigenvalue weighted by atomic mass is 10.2. The second-order valence-electron chi connectivity index (χ2n) is 5.36. The van der Waals surface area contributed by atoms with Gasteiger partial charge < -0.3 is 8.98 Å². The maximum atomic E-state index is 12.7. The van der Waals surface area contributed by atoms with Gasteiger partial charge in [0.2, 0.25) is 0 Å². The summed E-state index contributed by atoms with van der Waals surface area (Å²) in [6.07, 6.45) is 5.11. The second kappa shape index (κ2) is 4.56. The number of rotatable bonds is 2. The molecule has 0 N–H and O–H groups in total. The van der Waals surface area contributed by atoms with Crippen LogP contribution in [0.4, 0.5) is 0 Å². The first-order valence-corrected chi connectivity index (χ1v) is 6.98. The fourth-order valence-corrected chi connectivity index (χ4v) is 2.81. The lowest BCUT2D eigenvalue weighted by Crippen LogP contribution is -2.24. The lowest BCUT2D eigenvalue weighted by molar-refractivity contribution is 0.581. The van der Waals surface area contributed by atoms with Crippen molar-refractivity contribution < 1.29 is 4.42 Å². The Kier molecular flexibility index (Phi) is 2.66. The van der Waals surface area contributed by atoms with Gasteiger partial charge in [0.05, 0.1) is 23.6 Å². The van der Waals surface area contributed by atoms with E-state index in [1.807, 2.05) is 36.7 Å². The van der Waals surface area contributed by atoms with Crippen molar-refractivity contribution in [3.63, 3.8) is 0 Å². The van der Waals surface area contributed by atoms with Gasteiger partial charge in [0.25, 0.3) is 5.56 Å². The second-order valence-corrected chi connectivity index (χ2v) is 5.36. The Labute approximate surface area is 125 Å². The first kappa shape index (κ1) is 12.8. The molecular weight excluding hydrogens is 280 g/mol. The number of hydrogen-bond acceptors (Lipinski definition) is 4. The molecular formula is C16H14N4O2. The van der Waals surface area contributed by atoms with Crippen LogP contribution in [0.3, 0.4) is 0 Å². The summed E-state index contributed by atoms with van der Waals surface area (Å²) in [4.78, 5) is 16.7. The Bertz CT molecular complexity index is 1040. The molecule has 0 spiro atoms. The van der Waals surface area contributed by atoms with Crippen molar-refractivity contribution in [3.8, 4) is 0 Å². The topological polar surface area (TPSA) is 65.8 Å². The molecule has 0 fully saturated rings. The Morgan fingerprint density at radius 1 is 1.27 bits per heavy atom. The quantitative estimate of drug-likeness (QED) is 0.568. The number of fused-ring (bicyclic) bond motifs is 3. The fourth-order valence-electron chi connectivity index (χ4n) is 2.81. The molecule has 110 valence electrons. The molecule has 6 heteroatoms. The fraction of sp³-hybridized carbons (Fsp3) is 0.188. The van der Waals surface area contributed by atoms with E-state index in [-0.39, 0.29) is 5.56 Å². The van der Waals surface area contributed by atoms with E-state index >= 15 is 0 Å². The number of hydrogen-bond donors (Lipinski definition) is 0. The van der Waals surface area contributed by atoms with Gasteiger partial charge in [0.1, 0.15) is 11.3 Å². The van der Waals surface area contributed by atoms with Gasteiger partial charge in [-0.2, -0.15) is 5.10 Å². The van der Waals surface area contributed by atoms with Gasteiger partial charge in [0.15, 0.2) is 5.58 Å². The predicted molar refractivity (Wildman–Crippen MR) is 82.8 cm³/mol. The van der Waals surface area contributed by atoms with E-state index in [0.29, 0.717) is 12.1 Å². The van der Waals surface area contributed by atoms with E-state index in [0.717, 1.165) is 27.8 Å². The first-order valence-electron chi connectivity index (χ1n) is 6.98. The minimum atomic E-state index is -0.124. The summed E-state index contributed by atoms with van der Waals surface area (Å²) in [6.45, 7) is 2.31. The van der Waals surface area contributed by atoms with Crippen molar-refractivity contribution in [1.29, 1.82) is 0 Å². The molecule has 0 bridgehead atoms. The smallest absolute Gasteiger partial charge is 0.291 e. The summed E-state index contributed by atoms with van der Waals surface area (Å²) in [5.74, 6) is 0.823. The van der Waals surface area contributed by atoms with Crippen LogP contribution in [0.1, 0.15) is 11.3 Å². The lowest BCUT2D eigenvalue weighted by Gasteiger charge is -2.05. The largest absolute Gasteiger partial charge is 0.459 e.